The first-order valence-corrected chi connectivity index (χ1v) is 20.0. The molecule has 0 radical (unpaired) electrons. The van der Waals surface area contributed by atoms with Gasteiger partial charge in [0.15, 0.2) is 17.5 Å². The van der Waals surface area contributed by atoms with Crippen LogP contribution < -0.4 is 0 Å². The summed E-state index contributed by atoms with van der Waals surface area (Å²) in [6.45, 7) is 4.00. The summed E-state index contributed by atoms with van der Waals surface area (Å²) >= 11 is 0. The second-order valence-corrected chi connectivity index (χ2v) is 14.4. The third-order valence-electron chi connectivity index (χ3n) is 11.3. The molecule has 0 atom stereocenters. The van der Waals surface area contributed by atoms with E-state index in [4.69, 9.17) is 15.0 Å². The lowest BCUT2D eigenvalue weighted by Gasteiger charge is -2.20. The Kier molecular flexibility index (Phi) is 7.86. The molecule has 0 aliphatic carbocycles. The highest BCUT2D eigenvalue weighted by atomic mass is 15.1. The van der Waals surface area contributed by atoms with Crippen molar-refractivity contribution in [3.8, 4) is 67.8 Å². The predicted molar refractivity (Wildman–Crippen MR) is 241 cm³/mol. The summed E-state index contributed by atoms with van der Waals surface area (Å²) in [5.74, 6) is 1.87. The molecule has 0 bridgehead atoms. The lowest BCUT2D eigenvalue weighted by Crippen LogP contribution is -2.05. The molecular formula is C53H37N5. The number of aromatic nitrogens is 5. The molecule has 0 N–H and O–H groups in total. The second-order valence-electron chi connectivity index (χ2n) is 14.4. The van der Waals surface area contributed by atoms with Crippen LogP contribution >= 0.6 is 0 Å². The monoisotopic (exact) mass is 743 g/mol. The quantitative estimate of drug-likeness (QED) is 0.180. The smallest absolute Gasteiger partial charge is 0.164 e. The van der Waals surface area contributed by atoms with Gasteiger partial charge in [-0.1, -0.05) is 172 Å². The van der Waals surface area contributed by atoms with Crippen LogP contribution in [0.3, 0.4) is 0 Å². The Morgan fingerprint density at radius 2 is 0.793 bits per heavy atom. The highest BCUT2D eigenvalue weighted by Crippen LogP contribution is 2.50. The normalized spacial score (nSPS) is 11.6. The lowest BCUT2D eigenvalue weighted by atomic mass is 9.90. The molecule has 0 saturated carbocycles. The van der Waals surface area contributed by atoms with E-state index >= 15 is 0 Å². The zero-order chi connectivity index (χ0) is 38.7. The van der Waals surface area contributed by atoms with Crippen LogP contribution in [0, 0.1) is 0 Å². The molecule has 274 valence electrons. The van der Waals surface area contributed by atoms with Crippen molar-refractivity contribution < 1.29 is 0 Å². The number of rotatable bonds is 4. The maximum atomic E-state index is 5.37. The molecule has 0 saturated heterocycles. The van der Waals surface area contributed by atoms with Gasteiger partial charge in [-0.2, -0.15) is 0 Å². The first-order valence-electron chi connectivity index (χ1n) is 20.0. The largest absolute Gasteiger partial charge is 0.309 e. The molecule has 11 aromatic rings. The van der Waals surface area contributed by atoms with Gasteiger partial charge in [0.25, 0.3) is 0 Å². The third-order valence-corrected chi connectivity index (χ3v) is 11.3. The third kappa shape index (κ3) is 5.07. The molecule has 1 aliphatic heterocycles. The average molecular weight is 744 g/mol. The molecular weight excluding hydrogens is 707 g/mol. The van der Waals surface area contributed by atoms with E-state index in [2.05, 4.69) is 161 Å². The van der Waals surface area contributed by atoms with Crippen LogP contribution in [0.2, 0.25) is 0 Å². The van der Waals surface area contributed by atoms with Crippen molar-refractivity contribution in [2.24, 2.45) is 0 Å². The molecule has 8 aromatic carbocycles. The van der Waals surface area contributed by atoms with Crippen molar-refractivity contribution in [2.45, 2.75) is 13.8 Å². The summed E-state index contributed by atoms with van der Waals surface area (Å²) in [4.78, 5) is 15.8. The van der Waals surface area contributed by atoms with Gasteiger partial charge in [-0.05, 0) is 41.5 Å². The van der Waals surface area contributed by atoms with Gasteiger partial charge in [-0.3, -0.25) is 0 Å². The number of nitrogens with zero attached hydrogens (tertiary/aromatic N) is 5. The fourth-order valence-electron chi connectivity index (χ4n) is 8.93. The minimum absolute atomic E-state index is 0.616. The summed E-state index contributed by atoms with van der Waals surface area (Å²) in [5.41, 5.74) is 14.1. The van der Waals surface area contributed by atoms with E-state index in [1.165, 1.54) is 38.2 Å². The van der Waals surface area contributed by atoms with Gasteiger partial charge in [-0.15, -0.1) is 0 Å². The number of para-hydroxylation sites is 4. The van der Waals surface area contributed by atoms with Crippen molar-refractivity contribution in [1.29, 1.82) is 0 Å². The first kappa shape index (κ1) is 33.7. The molecule has 0 spiro atoms. The summed E-state index contributed by atoms with van der Waals surface area (Å²) in [7, 11) is 0. The van der Waals surface area contributed by atoms with Crippen molar-refractivity contribution in [1.82, 2.24) is 24.1 Å². The van der Waals surface area contributed by atoms with E-state index < -0.39 is 0 Å². The maximum Gasteiger partial charge on any atom is 0.164 e. The Morgan fingerprint density at radius 3 is 1.40 bits per heavy atom. The number of fused-ring (bicyclic) bond motifs is 11. The number of benzene rings is 8. The van der Waals surface area contributed by atoms with E-state index in [-0.39, 0.29) is 0 Å². The highest BCUT2D eigenvalue weighted by Gasteiger charge is 2.29. The summed E-state index contributed by atoms with van der Waals surface area (Å²) in [6.07, 6.45) is 0. The SMILES string of the molecule is CC.c1ccc(-c2nc(-c3ccccc3)nc(-c3cc(-n4c5ccccc5c5ccccc54)cc4c3-c3ccccc3-c3cccc5c6ccccc6n-4c35)n2)cc1. The molecule has 12 rings (SSSR count). The lowest BCUT2D eigenvalue weighted by molar-refractivity contribution is 1.07. The van der Waals surface area contributed by atoms with Crippen molar-refractivity contribution in [2.75, 3.05) is 0 Å². The van der Waals surface area contributed by atoms with Gasteiger partial charge in [0.1, 0.15) is 0 Å². The standard InChI is InChI=1S/C51H31N5.C2H6/c1-3-16-32(17-4-1)49-52-50(33-18-5-2-6-19-33)54-51(53-49)42-30-34(55-43-27-12-9-21-36(43)37-22-10-13-28-44(37)55)31-46-47(42)39-24-8-7-20-35(39)40-25-15-26-41-38-23-11-14-29-45(38)56(46)48(40)41;1-2/h1-31H;1-2H3. The number of hydrogen-bond acceptors (Lipinski definition) is 3. The summed E-state index contributed by atoms with van der Waals surface area (Å²) in [6, 6.07) is 66.8. The van der Waals surface area contributed by atoms with E-state index in [0.717, 1.165) is 55.7 Å². The van der Waals surface area contributed by atoms with Crippen LogP contribution in [-0.4, -0.2) is 24.1 Å². The predicted octanol–water partition coefficient (Wildman–Crippen LogP) is 13.7. The van der Waals surface area contributed by atoms with Crippen LogP contribution in [0.4, 0.5) is 0 Å². The molecule has 1 aliphatic rings. The zero-order valence-corrected chi connectivity index (χ0v) is 32.1. The van der Waals surface area contributed by atoms with Crippen molar-refractivity contribution in [3.63, 3.8) is 0 Å². The van der Waals surface area contributed by atoms with Crippen LogP contribution in [0.25, 0.3) is 111 Å². The van der Waals surface area contributed by atoms with Gasteiger partial charge >= 0.3 is 0 Å². The van der Waals surface area contributed by atoms with Gasteiger partial charge < -0.3 is 9.13 Å². The Balaban J connectivity index is 0.00000190. The molecule has 5 heteroatoms. The van der Waals surface area contributed by atoms with Gasteiger partial charge in [0.2, 0.25) is 0 Å². The maximum absolute atomic E-state index is 5.37. The van der Waals surface area contributed by atoms with E-state index in [1.54, 1.807) is 0 Å². The Morgan fingerprint density at radius 1 is 0.345 bits per heavy atom. The van der Waals surface area contributed by atoms with Crippen molar-refractivity contribution in [3.05, 3.63) is 188 Å². The second kappa shape index (κ2) is 13.5. The van der Waals surface area contributed by atoms with Gasteiger partial charge in [0, 0.05) is 55.0 Å². The Labute approximate surface area is 336 Å². The van der Waals surface area contributed by atoms with Crippen LogP contribution in [0.15, 0.2) is 188 Å². The molecule has 0 unspecified atom stereocenters. The van der Waals surface area contributed by atoms with Gasteiger partial charge in [-0.25, -0.2) is 15.0 Å². The zero-order valence-electron chi connectivity index (χ0n) is 32.1. The van der Waals surface area contributed by atoms with Crippen LogP contribution in [0.1, 0.15) is 13.8 Å². The molecule has 3 aromatic heterocycles. The van der Waals surface area contributed by atoms with Crippen LogP contribution in [-0.2, 0) is 0 Å². The summed E-state index contributed by atoms with van der Waals surface area (Å²) in [5, 5.41) is 4.86. The van der Waals surface area contributed by atoms with E-state index in [9.17, 15) is 0 Å². The fourth-order valence-corrected chi connectivity index (χ4v) is 8.93. The minimum atomic E-state index is 0.616. The Hall–Kier alpha value is -7.63. The Bertz CT molecular complexity index is 3250. The van der Waals surface area contributed by atoms with Crippen LogP contribution in [0.5, 0.6) is 0 Å². The molecule has 58 heavy (non-hydrogen) atoms. The average Bonchev–Trinajstić information content (AvgIpc) is 3.79. The molecule has 4 heterocycles. The topological polar surface area (TPSA) is 48.5 Å². The molecule has 0 amide bonds. The van der Waals surface area contributed by atoms with Gasteiger partial charge in [0.05, 0.1) is 27.8 Å². The minimum Gasteiger partial charge on any atom is -0.309 e. The van der Waals surface area contributed by atoms with E-state index in [0.29, 0.717) is 17.5 Å². The molecule has 5 nitrogen and oxygen atoms in total. The summed E-state index contributed by atoms with van der Waals surface area (Å²) < 4.78 is 4.88. The first-order chi connectivity index (χ1) is 28.8. The van der Waals surface area contributed by atoms with E-state index in [1.807, 2.05) is 50.2 Å². The molecule has 0 fully saturated rings. The highest BCUT2D eigenvalue weighted by molar-refractivity contribution is 6.17. The number of hydrogen-bond donors (Lipinski definition) is 0. The fraction of sp³-hybridized carbons (Fsp3) is 0.0377. The van der Waals surface area contributed by atoms with Crippen molar-refractivity contribution >= 4 is 43.6 Å².